The van der Waals surface area contributed by atoms with E-state index >= 15 is 0 Å². The van der Waals surface area contributed by atoms with Crippen LogP contribution in [0, 0.1) is 5.92 Å². The van der Waals surface area contributed by atoms with E-state index in [1.54, 1.807) is 20.8 Å². The van der Waals surface area contributed by atoms with Crippen LogP contribution in [0.4, 0.5) is 4.79 Å². The molecule has 1 saturated heterocycles. The molecule has 1 aromatic carbocycles. The molecule has 126 valence electrons. The fraction of sp³-hybridized carbons (Fsp3) is 0.529. The lowest BCUT2D eigenvalue weighted by atomic mass is 10.1. The Morgan fingerprint density at radius 1 is 1.26 bits per heavy atom. The third-order valence-corrected chi connectivity index (χ3v) is 3.61. The molecule has 1 aromatic rings. The first-order chi connectivity index (χ1) is 10.8. The monoisotopic (exact) mass is 320 g/mol. The van der Waals surface area contributed by atoms with Gasteiger partial charge in [-0.15, -0.1) is 0 Å². The zero-order valence-electron chi connectivity index (χ0n) is 13.8. The van der Waals surface area contributed by atoms with Gasteiger partial charge < -0.3 is 15.2 Å². The Morgan fingerprint density at radius 2 is 1.91 bits per heavy atom. The van der Waals surface area contributed by atoms with Crippen LogP contribution < -0.4 is 5.73 Å². The molecule has 0 bridgehead atoms. The minimum Gasteiger partial charge on any atom is -0.461 e. The lowest BCUT2D eigenvalue weighted by molar-refractivity contribution is -0.150. The summed E-state index contributed by atoms with van der Waals surface area (Å²) in [5, 5.41) is 0. The van der Waals surface area contributed by atoms with Crippen molar-refractivity contribution >= 4 is 12.1 Å². The highest BCUT2D eigenvalue weighted by Crippen LogP contribution is 2.24. The van der Waals surface area contributed by atoms with Gasteiger partial charge in [0.1, 0.15) is 12.2 Å². The first kappa shape index (κ1) is 17.3. The van der Waals surface area contributed by atoms with E-state index in [0.717, 1.165) is 5.56 Å². The summed E-state index contributed by atoms with van der Waals surface area (Å²) in [6, 6.07) is 9.43. The first-order valence-electron chi connectivity index (χ1n) is 7.74. The molecule has 6 heteroatoms. The number of hydrogen-bond donors (Lipinski definition) is 1. The van der Waals surface area contributed by atoms with Crippen LogP contribution in [0.25, 0.3) is 0 Å². The number of hydrogen-bond acceptors (Lipinski definition) is 5. The Hall–Kier alpha value is -2.08. The van der Waals surface area contributed by atoms with E-state index in [1.165, 1.54) is 4.90 Å². The van der Waals surface area contributed by atoms with E-state index in [9.17, 15) is 9.59 Å². The second-order valence-electron chi connectivity index (χ2n) is 6.65. The molecule has 2 rings (SSSR count). The first-order valence-corrected chi connectivity index (χ1v) is 7.74. The van der Waals surface area contributed by atoms with Gasteiger partial charge in [-0.25, -0.2) is 4.79 Å². The average Bonchev–Trinajstić information content (AvgIpc) is 2.86. The summed E-state index contributed by atoms with van der Waals surface area (Å²) in [6.45, 7) is 5.96. The second-order valence-corrected chi connectivity index (χ2v) is 6.65. The summed E-state index contributed by atoms with van der Waals surface area (Å²) < 4.78 is 10.6. The molecule has 1 aliphatic heterocycles. The number of benzene rings is 1. The van der Waals surface area contributed by atoms with Crippen molar-refractivity contribution in [1.29, 1.82) is 0 Å². The van der Waals surface area contributed by atoms with Gasteiger partial charge >= 0.3 is 12.1 Å². The van der Waals surface area contributed by atoms with Crippen LogP contribution in [0.1, 0.15) is 32.8 Å². The zero-order chi connectivity index (χ0) is 17.0. The largest absolute Gasteiger partial charge is 0.461 e. The number of nitrogens with two attached hydrogens (primary N) is 1. The number of likely N-dealkylation sites (tertiary alicyclic amines) is 1. The summed E-state index contributed by atoms with van der Waals surface area (Å²) in [4.78, 5) is 25.7. The third-order valence-electron chi connectivity index (χ3n) is 3.61. The molecule has 23 heavy (non-hydrogen) atoms. The smallest absolute Gasteiger partial charge is 0.411 e. The minimum atomic E-state index is -0.715. The fourth-order valence-corrected chi connectivity index (χ4v) is 2.44. The average molecular weight is 320 g/mol. The predicted molar refractivity (Wildman–Crippen MR) is 85.3 cm³/mol. The Balaban J connectivity index is 1.89. The van der Waals surface area contributed by atoms with Crippen LogP contribution in [0.2, 0.25) is 0 Å². The number of nitrogens with zero attached hydrogens (tertiary/aromatic N) is 1. The highest BCUT2D eigenvalue weighted by molar-refractivity contribution is 5.76. The van der Waals surface area contributed by atoms with E-state index in [1.807, 2.05) is 30.3 Å². The zero-order valence-corrected chi connectivity index (χ0v) is 13.8. The molecule has 0 aromatic heterocycles. The van der Waals surface area contributed by atoms with Gasteiger partial charge in [0, 0.05) is 6.54 Å². The van der Waals surface area contributed by atoms with Crippen molar-refractivity contribution in [1.82, 2.24) is 4.90 Å². The topological polar surface area (TPSA) is 81.9 Å². The lowest BCUT2D eigenvalue weighted by Gasteiger charge is -2.27. The van der Waals surface area contributed by atoms with Gasteiger partial charge in [-0.1, -0.05) is 30.3 Å². The molecule has 2 unspecified atom stereocenters. The van der Waals surface area contributed by atoms with Crippen LogP contribution in [-0.4, -0.2) is 35.3 Å². The Kier molecular flexibility index (Phi) is 5.26. The van der Waals surface area contributed by atoms with Gasteiger partial charge in [-0.2, -0.15) is 0 Å². The van der Waals surface area contributed by atoms with Crippen molar-refractivity contribution in [2.24, 2.45) is 11.7 Å². The third kappa shape index (κ3) is 4.69. The molecule has 0 radical (unpaired) electrons. The minimum absolute atomic E-state index is 0.204. The molecular formula is C17H24N2O4. The molecule has 1 fully saturated rings. The number of esters is 1. The number of carbonyl (C=O) groups excluding carboxylic acids is 2. The van der Waals surface area contributed by atoms with E-state index in [4.69, 9.17) is 15.2 Å². The van der Waals surface area contributed by atoms with Gasteiger partial charge in [0.05, 0.1) is 12.1 Å². The maximum absolute atomic E-state index is 12.2. The van der Waals surface area contributed by atoms with E-state index in [0.29, 0.717) is 13.0 Å². The van der Waals surface area contributed by atoms with Crippen molar-refractivity contribution in [2.45, 2.75) is 45.6 Å². The molecule has 1 aliphatic rings. The predicted octanol–water partition coefficient (Wildman–Crippen LogP) is 2.27. The quantitative estimate of drug-likeness (QED) is 0.864. The van der Waals surface area contributed by atoms with Crippen molar-refractivity contribution in [2.75, 3.05) is 6.54 Å². The molecule has 1 amide bonds. The summed E-state index contributed by atoms with van der Waals surface area (Å²) in [6.07, 6.45) is -0.731. The standard InChI is InChI=1S/C17H24N2O4/c1-17(2,3)23-16(21)19-10-9-13(14(19)18)15(20)22-11-12-7-5-4-6-8-12/h4-8,13-14H,9-11,18H2,1-3H3. The van der Waals surface area contributed by atoms with Gasteiger partial charge in [0.15, 0.2) is 0 Å². The molecule has 0 spiro atoms. The van der Waals surface area contributed by atoms with Crippen molar-refractivity contribution < 1.29 is 19.1 Å². The highest BCUT2D eigenvalue weighted by atomic mass is 16.6. The van der Waals surface area contributed by atoms with Crippen LogP contribution in [0.15, 0.2) is 30.3 Å². The number of rotatable bonds is 3. The van der Waals surface area contributed by atoms with Crippen molar-refractivity contribution in [3.05, 3.63) is 35.9 Å². The Bertz CT molecular complexity index is 553. The van der Waals surface area contributed by atoms with E-state index in [2.05, 4.69) is 0 Å². The van der Waals surface area contributed by atoms with Crippen LogP contribution >= 0.6 is 0 Å². The van der Waals surface area contributed by atoms with Crippen LogP contribution in [-0.2, 0) is 20.9 Å². The van der Waals surface area contributed by atoms with Crippen LogP contribution in [0.3, 0.4) is 0 Å². The summed E-state index contributed by atoms with van der Waals surface area (Å²) in [7, 11) is 0. The number of ether oxygens (including phenoxy) is 2. The van der Waals surface area contributed by atoms with Gasteiger partial charge in [-0.3, -0.25) is 9.69 Å². The maximum Gasteiger partial charge on any atom is 0.411 e. The fourth-order valence-electron chi connectivity index (χ4n) is 2.44. The Morgan fingerprint density at radius 3 is 2.52 bits per heavy atom. The molecule has 2 N–H and O–H groups in total. The van der Waals surface area contributed by atoms with Crippen molar-refractivity contribution in [3.8, 4) is 0 Å². The maximum atomic E-state index is 12.2. The van der Waals surface area contributed by atoms with E-state index in [-0.39, 0.29) is 12.6 Å². The molecule has 0 aliphatic carbocycles. The SMILES string of the molecule is CC(C)(C)OC(=O)N1CCC(C(=O)OCc2ccccc2)C1N. The molecule has 2 atom stereocenters. The summed E-state index contributed by atoms with van der Waals surface area (Å²) >= 11 is 0. The van der Waals surface area contributed by atoms with Gasteiger partial charge in [0.2, 0.25) is 0 Å². The van der Waals surface area contributed by atoms with Gasteiger partial charge in [0.25, 0.3) is 0 Å². The normalized spacial score (nSPS) is 21.1. The number of carbonyl (C=O) groups is 2. The van der Waals surface area contributed by atoms with Gasteiger partial charge in [-0.05, 0) is 32.8 Å². The molecule has 6 nitrogen and oxygen atoms in total. The second kappa shape index (κ2) is 7.00. The molecule has 0 saturated carbocycles. The Labute approximate surface area is 136 Å². The lowest BCUT2D eigenvalue weighted by Crippen LogP contribution is -2.47. The summed E-state index contributed by atoms with van der Waals surface area (Å²) in [5.41, 5.74) is 6.36. The van der Waals surface area contributed by atoms with E-state index < -0.39 is 23.8 Å². The molecule has 1 heterocycles. The highest BCUT2D eigenvalue weighted by Gasteiger charge is 2.41. The van der Waals surface area contributed by atoms with Crippen LogP contribution in [0.5, 0.6) is 0 Å². The number of amides is 1. The summed E-state index contributed by atoms with van der Waals surface area (Å²) in [5.74, 6) is -0.904. The van der Waals surface area contributed by atoms with Crippen molar-refractivity contribution in [3.63, 3.8) is 0 Å². The molecular weight excluding hydrogens is 296 g/mol.